The number of carbonyl (C=O) groups excluding carboxylic acids is 1. The number of nitrogens with zero attached hydrogens (tertiary/aromatic N) is 2. The standard InChI is InChI=1S/C25H38N2O3.CH2O2/c1-18(2)9-10-24-21-14-20(23-7-4-8-25(29)27(23)24)16-26(17-21)15-19-5-3-6-22(13-19)30-12-11-28;2-1-3/h3,5-6,13,18,20-21,23-24,28H,4,7-12,14-17H2,1-2H3;1H,(H,2,3)/t20-,21+,23+,24+;/m1./s1. The molecule has 3 aliphatic rings. The van der Waals surface area contributed by atoms with E-state index in [1.807, 2.05) is 12.1 Å². The first-order valence-corrected chi connectivity index (χ1v) is 12.4. The fraction of sp³-hybridized carbons (Fsp3) is 0.692. The summed E-state index contributed by atoms with van der Waals surface area (Å²) in [5.41, 5.74) is 1.26. The Hall–Kier alpha value is -2.12. The van der Waals surface area contributed by atoms with Gasteiger partial charge in [0.05, 0.1) is 6.61 Å². The predicted molar refractivity (Wildman–Crippen MR) is 127 cm³/mol. The highest BCUT2D eigenvalue weighted by molar-refractivity contribution is 5.78. The number of benzene rings is 1. The van der Waals surface area contributed by atoms with Crippen molar-refractivity contribution < 1.29 is 24.5 Å². The van der Waals surface area contributed by atoms with Crippen LogP contribution in [0.25, 0.3) is 0 Å². The van der Waals surface area contributed by atoms with Crippen molar-refractivity contribution in [2.45, 2.75) is 71.0 Å². The number of amides is 1. The molecule has 4 atom stereocenters. The van der Waals surface area contributed by atoms with E-state index in [0.29, 0.717) is 42.4 Å². The number of rotatable bonds is 8. The van der Waals surface area contributed by atoms with Gasteiger partial charge in [-0.25, -0.2) is 0 Å². The van der Waals surface area contributed by atoms with Crippen LogP contribution in [0.3, 0.4) is 0 Å². The molecule has 2 bridgehead atoms. The van der Waals surface area contributed by atoms with E-state index in [2.05, 4.69) is 35.8 Å². The number of aliphatic hydroxyl groups excluding tert-OH is 1. The van der Waals surface area contributed by atoms with Gasteiger partial charge >= 0.3 is 0 Å². The first-order chi connectivity index (χ1) is 16.0. The van der Waals surface area contributed by atoms with E-state index in [-0.39, 0.29) is 13.1 Å². The average molecular weight is 461 g/mol. The number of likely N-dealkylation sites (tertiary alicyclic amines) is 1. The predicted octanol–water partition coefficient (Wildman–Crippen LogP) is 3.40. The topological polar surface area (TPSA) is 90.3 Å². The van der Waals surface area contributed by atoms with Gasteiger partial charge in [-0.2, -0.15) is 0 Å². The van der Waals surface area contributed by atoms with E-state index >= 15 is 0 Å². The molecule has 3 heterocycles. The molecule has 1 aromatic carbocycles. The van der Waals surface area contributed by atoms with E-state index in [0.717, 1.165) is 44.6 Å². The van der Waals surface area contributed by atoms with Crippen molar-refractivity contribution in [1.29, 1.82) is 0 Å². The van der Waals surface area contributed by atoms with Crippen molar-refractivity contribution in [1.82, 2.24) is 9.80 Å². The Morgan fingerprint density at radius 2 is 2.00 bits per heavy atom. The second-order valence-electron chi connectivity index (χ2n) is 10.1. The molecule has 33 heavy (non-hydrogen) atoms. The average Bonchev–Trinajstić information content (AvgIpc) is 2.78. The summed E-state index contributed by atoms with van der Waals surface area (Å²) in [6.07, 6.45) is 6.62. The summed E-state index contributed by atoms with van der Waals surface area (Å²) < 4.78 is 5.60. The maximum absolute atomic E-state index is 12.9. The molecule has 0 unspecified atom stereocenters. The fourth-order valence-corrected chi connectivity index (χ4v) is 6.03. The van der Waals surface area contributed by atoms with E-state index in [9.17, 15) is 4.79 Å². The lowest BCUT2D eigenvalue weighted by Gasteiger charge is -2.57. The monoisotopic (exact) mass is 460 g/mol. The van der Waals surface area contributed by atoms with Gasteiger partial charge in [0, 0.05) is 38.1 Å². The maximum atomic E-state index is 12.9. The summed E-state index contributed by atoms with van der Waals surface area (Å²) in [5.74, 6) is 3.13. The van der Waals surface area contributed by atoms with Crippen molar-refractivity contribution in [3.05, 3.63) is 29.8 Å². The molecule has 0 spiro atoms. The summed E-state index contributed by atoms with van der Waals surface area (Å²) in [4.78, 5) is 26.2. The Morgan fingerprint density at radius 1 is 1.24 bits per heavy atom. The molecule has 2 N–H and O–H groups in total. The Kier molecular flexibility index (Phi) is 9.56. The summed E-state index contributed by atoms with van der Waals surface area (Å²) in [6.45, 7) is 7.80. The maximum Gasteiger partial charge on any atom is 0.290 e. The molecule has 7 heteroatoms. The fourth-order valence-electron chi connectivity index (χ4n) is 6.03. The van der Waals surface area contributed by atoms with Gasteiger partial charge < -0.3 is 19.8 Å². The van der Waals surface area contributed by atoms with Crippen LogP contribution in [0.1, 0.15) is 57.9 Å². The zero-order valence-electron chi connectivity index (χ0n) is 20.1. The minimum atomic E-state index is -0.250. The third kappa shape index (κ3) is 6.70. The molecule has 0 radical (unpaired) electrons. The van der Waals surface area contributed by atoms with Gasteiger partial charge in [0.25, 0.3) is 6.47 Å². The zero-order chi connectivity index (χ0) is 23.8. The van der Waals surface area contributed by atoms with Crippen molar-refractivity contribution in [2.75, 3.05) is 26.3 Å². The molecule has 4 rings (SSSR count). The second kappa shape index (κ2) is 12.4. The minimum absolute atomic E-state index is 0.0358. The lowest BCUT2D eigenvalue weighted by atomic mass is 9.70. The van der Waals surface area contributed by atoms with Crippen LogP contribution in [0.5, 0.6) is 5.75 Å². The number of hydrogen-bond acceptors (Lipinski definition) is 5. The summed E-state index contributed by atoms with van der Waals surface area (Å²) in [5, 5.41) is 15.9. The number of fused-ring (bicyclic) bond motifs is 4. The van der Waals surface area contributed by atoms with Crippen LogP contribution in [-0.4, -0.2) is 70.8 Å². The van der Waals surface area contributed by atoms with Gasteiger partial charge in [0.2, 0.25) is 5.91 Å². The Bertz CT molecular complexity index is 771. The molecule has 1 amide bonds. The number of carbonyl (C=O) groups is 2. The van der Waals surface area contributed by atoms with Gasteiger partial charge in [0.1, 0.15) is 12.4 Å². The van der Waals surface area contributed by atoms with Gasteiger partial charge in [-0.15, -0.1) is 0 Å². The second-order valence-corrected chi connectivity index (χ2v) is 10.1. The van der Waals surface area contributed by atoms with Gasteiger partial charge in [0.15, 0.2) is 0 Å². The molecule has 7 nitrogen and oxygen atoms in total. The molecule has 0 saturated carbocycles. The Labute approximate surface area is 197 Å². The Balaban J connectivity index is 0.000000968. The first kappa shape index (κ1) is 25.5. The van der Waals surface area contributed by atoms with Crippen LogP contribution < -0.4 is 4.74 Å². The van der Waals surface area contributed by atoms with Crippen LogP contribution in [0, 0.1) is 17.8 Å². The lowest BCUT2D eigenvalue weighted by Crippen LogP contribution is -2.64. The number of ether oxygens (including phenoxy) is 1. The normalized spacial score (nSPS) is 26.9. The van der Waals surface area contributed by atoms with Crippen molar-refractivity contribution in [3.63, 3.8) is 0 Å². The van der Waals surface area contributed by atoms with Crippen molar-refractivity contribution in [2.24, 2.45) is 17.8 Å². The molecule has 3 aliphatic heterocycles. The molecule has 0 aromatic heterocycles. The van der Waals surface area contributed by atoms with E-state index < -0.39 is 0 Å². The smallest absolute Gasteiger partial charge is 0.290 e. The van der Waals surface area contributed by atoms with E-state index in [1.165, 1.54) is 24.8 Å². The van der Waals surface area contributed by atoms with E-state index in [4.69, 9.17) is 19.7 Å². The highest BCUT2D eigenvalue weighted by Gasteiger charge is 2.48. The van der Waals surface area contributed by atoms with Crippen LogP contribution in [-0.2, 0) is 16.1 Å². The molecule has 0 aliphatic carbocycles. The third-order valence-corrected chi connectivity index (χ3v) is 7.28. The Morgan fingerprint density at radius 3 is 2.73 bits per heavy atom. The molecule has 3 saturated heterocycles. The van der Waals surface area contributed by atoms with Crippen LogP contribution in [0.15, 0.2) is 24.3 Å². The molecule has 1 aromatic rings. The molecular formula is C26H40N2O5. The van der Waals surface area contributed by atoms with Crippen molar-refractivity contribution in [3.8, 4) is 5.75 Å². The number of piperidine rings is 3. The number of carboxylic acid groups (broad SMARTS) is 1. The lowest BCUT2D eigenvalue weighted by molar-refractivity contribution is -0.153. The quantitative estimate of drug-likeness (QED) is 0.578. The molecule has 184 valence electrons. The van der Waals surface area contributed by atoms with Gasteiger partial charge in [-0.05, 0) is 67.6 Å². The van der Waals surface area contributed by atoms with Crippen LogP contribution in [0.2, 0.25) is 0 Å². The number of aliphatic hydroxyl groups is 1. The highest BCUT2D eigenvalue weighted by Crippen LogP contribution is 2.43. The number of hydrogen-bond donors (Lipinski definition) is 2. The first-order valence-electron chi connectivity index (χ1n) is 12.4. The SMILES string of the molecule is CC(C)CC[C@H]1[C@H]2C[C@H](CN(Cc3cccc(OCCO)c3)C2)[C@@H]2CCCC(=O)N21.O=CO. The summed E-state index contributed by atoms with van der Waals surface area (Å²) >= 11 is 0. The molecular weight excluding hydrogens is 420 g/mol. The minimum Gasteiger partial charge on any atom is -0.491 e. The van der Waals surface area contributed by atoms with E-state index in [1.54, 1.807) is 0 Å². The van der Waals surface area contributed by atoms with Crippen molar-refractivity contribution >= 4 is 12.4 Å². The third-order valence-electron chi connectivity index (χ3n) is 7.28. The largest absolute Gasteiger partial charge is 0.491 e. The van der Waals surface area contributed by atoms with Gasteiger partial charge in [-0.3, -0.25) is 14.5 Å². The summed E-state index contributed by atoms with van der Waals surface area (Å²) in [6, 6.07) is 9.14. The van der Waals surface area contributed by atoms with Crippen LogP contribution in [0.4, 0.5) is 0 Å². The zero-order valence-corrected chi connectivity index (χ0v) is 20.1. The summed E-state index contributed by atoms with van der Waals surface area (Å²) in [7, 11) is 0. The molecule has 3 fully saturated rings. The van der Waals surface area contributed by atoms with Crippen LogP contribution >= 0.6 is 0 Å². The van der Waals surface area contributed by atoms with Gasteiger partial charge in [-0.1, -0.05) is 26.0 Å². The highest BCUT2D eigenvalue weighted by atomic mass is 16.5.